The molecular weight excluding hydrogens is 460 g/mol. The maximum absolute atomic E-state index is 13.3. The van der Waals surface area contributed by atoms with Gasteiger partial charge in [0.15, 0.2) is 0 Å². The average Bonchev–Trinajstić information content (AvgIpc) is 3.34. The Balaban J connectivity index is 1.42. The van der Waals surface area contributed by atoms with Crippen molar-refractivity contribution in [2.24, 2.45) is 0 Å². The zero-order valence-corrected chi connectivity index (χ0v) is 20.2. The first kappa shape index (κ1) is 23.3. The van der Waals surface area contributed by atoms with Gasteiger partial charge in [-0.15, -0.1) is 0 Å². The summed E-state index contributed by atoms with van der Waals surface area (Å²) in [6.07, 6.45) is 3.30. The second-order valence-electron chi connectivity index (χ2n) is 8.85. The van der Waals surface area contributed by atoms with Gasteiger partial charge in [0.25, 0.3) is 5.91 Å². The number of benzene rings is 3. The minimum Gasteiger partial charge on any atom is -0.342 e. The average molecular weight is 489 g/mol. The fraction of sp³-hybridized carbons (Fsp3) is 0.259. The minimum atomic E-state index is -3.63. The zero-order valence-electron chi connectivity index (χ0n) is 19.4. The van der Waals surface area contributed by atoms with Crippen molar-refractivity contribution in [1.82, 2.24) is 19.6 Å². The first-order chi connectivity index (χ1) is 17.0. The predicted octanol–water partition coefficient (Wildman–Crippen LogP) is 4.45. The normalized spacial score (nSPS) is 15.7. The number of piperidine rings is 1. The molecule has 1 amide bonds. The predicted molar refractivity (Wildman–Crippen MR) is 135 cm³/mol. The van der Waals surface area contributed by atoms with Crippen molar-refractivity contribution in [1.29, 1.82) is 0 Å². The Morgan fingerprint density at radius 3 is 2.46 bits per heavy atom. The third-order valence-corrected chi connectivity index (χ3v) is 8.27. The molecule has 0 radical (unpaired) electrons. The first-order valence-electron chi connectivity index (χ1n) is 11.9. The Morgan fingerprint density at radius 1 is 0.943 bits per heavy atom. The summed E-state index contributed by atoms with van der Waals surface area (Å²) in [5.41, 5.74) is 3.07. The number of rotatable bonds is 7. The molecule has 1 fully saturated rings. The molecule has 2 N–H and O–H groups in total. The Hall–Kier alpha value is -3.49. The van der Waals surface area contributed by atoms with E-state index in [2.05, 4.69) is 10.3 Å². The van der Waals surface area contributed by atoms with Gasteiger partial charge in [0.1, 0.15) is 5.82 Å². The number of carbonyl (C=O) groups is 1. The van der Waals surface area contributed by atoms with Crippen LogP contribution in [0.3, 0.4) is 0 Å². The Morgan fingerprint density at radius 2 is 1.69 bits per heavy atom. The molecule has 0 unspecified atom stereocenters. The van der Waals surface area contributed by atoms with Crippen molar-refractivity contribution in [2.45, 2.75) is 36.6 Å². The standard InChI is InChI=1S/C27H28N4O3S/c32-27(21-12-9-13-22(19-21)35(33,34)31-16-7-2-8-17-31)30-25(18-20-10-3-1-4-11-20)26-28-23-14-5-6-15-24(23)29-26/h1,3-6,9-15,19,25H,2,7-8,16-18H2,(H,28,29)(H,30,32)/t25-/m0/s1. The number of nitrogens with one attached hydrogen (secondary N) is 2. The molecule has 1 aromatic heterocycles. The third-order valence-electron chi connectivity index (χ3n) is 6.37. The number of para-hydroxylation sites is 2. The van der Waals surface area contributed by atoms with Crippen LogP contribution in [-0.4, -0.2) is 41.7 Å². The molecule has 1 aliphatic rings. The lowest BCUT2D eigenvalue weighted by molar-refractivity contribution is 0.0934. The fourth-order valence-corrected chi connectivity index (χ4v) is 6.06. The number of H-pyrrole nitrogens is 1. The van der Waals surface area contributed by atoms with E-state index in [-0.39, 0.29) is 10.8 Å². The zero-order chi connectivity index (χ0) is 24.3. The van der Waals surface area contributed by atoms with Gasteiger partial charge in [-0.2, -0.15) is 4.31 Å². The molecule has 2 heterocycles. The van der Waals surface area contributed by atoms with Crippen LogP contribution in [0.2, 0.25) is 0 Å². The summed E-state index contributed by atoms with van der Waals surface area (Å²) in [5.74, 6) is 0.308. The lowest BCUT2D eigenvalue weighted by Gasteiger charge is -2.26. The molecular formula is C27H28N4O3S. The number of carbonyl (C=O) groups excluding carboxylic acids is 1. The van der Waals surface area contributed by atoms with E-state index >= 15 is 0 Å². The smallest absolute Gasteiger partial charge is 0.251 e. The van der Waals surface area contributed by atoms with Crippen molar-refractivity contribution < 1.29 is 13.2 Å². The maximum atomic E-state index is 13.3. The van der Waals surface area contributed by atoms with Crippen molar-refractivity contribution in [2.75, 3.05) is 13.1 Å². The van der Waals surface area contributed by atoms with E-state index < -0.39 is 16.1 Å². The summed E-state index contributed by atoms with van der Waals surface area (Å²) < 4.78 is 27.8. The van der Waals surface area contributed by atoms with Crippen LogP contribution in [0.15, 0.2) is 83.8 Å². The Kier molecular flexibility index (Phi) is 6.66. The van der Waals surface area contributed by atoms with Gasteiger partial charge in [-0.05, 0) is 55.2 Å². The number of sulfonamides is 1. The summed E-state index contributed by atoms with van der Waals surface area (Å²) in [4.78, 5) is 21.5. The van der Waals surface area contributed by atoms with E-state index in [0.29, 0.717) is 30.9 Å². The molecule has 0 spiro atoms. The number of nitrogens with zero attached hydrogens (tertiary/aromatic N) is 2. The van der Waals surface area contributed by atoms with E-state index in [1.807, 2.05) is 54.6 Å². The molecule has 1 aliphatic heterocycles. The van der Waals surface area contributed by atoms with E-state index in [9.17, 15) is 13.2 Å². The molecule has 3 aromatic carbocycles. The van der Waals surface area contributed by atoms with Gasteiger partial charge in [0.05, 0.1) is 22.0 Å². The van der Waals surface area contributed by atoms with Gasteiger partial charge in [0.2, 0.25) is 10.0 Å². The van der Waals surface area contributed by atoms with Gasteiger partial charge < -0.3 is 10.3 Å². The van der Waals surface area contributed by atoms with Gasteiger partial charge in [-0.25, -0.2) is 13.4 Å². The Labute approximate surface area is 205 Å². The van der Waals surface area contributed by atoms with Crippen LogP contribution in [0.5, 0.6) is 0 Å². The highest BCUT2D eigenvalue weighted by Crippen LogP contribution is 2.23. The number of fused-ring (bicyclic) bond motifs is 1. The molecule has 1 saturated heterocycles. The number of aromatic amines is 1. The summed E-state index contributed by atoms with van der Waals surface area (Å²) in [5, 5.41) is 3.08. The summed E-state index contributed by atoms with van der Waals surface area (Å²) >= 11 is 0. The molecule has 35 heavy (non-hydrogen) atoms. The molecule has 5 rings (SSSR count). The molecule has 0 bridgehead atoms. The molecule has 7 nitrogen and oxygen atoms in total. The molecule has 4 aromatic rings. The summed E-state index contributed by atoms with van der Waals surface area (Å²) in [6, 6.07) is 23.5. The second kappa shape index (κ2) is 10.0. The highest BCUT2D eigenvalue weighted by atomic mass is 32.2. The van der Waals surface area contributed by atoms with E-state index in [1.54, 1.807) is 18.2 Å². The Bertz CT molecular complexity index is 1390. The topological polar surface area (TPSA) is 95.2 Å². The lowest BCUT2D eigenvalue weighted by Crippen LogP contribution is -2.36. The van der Waals surface area contributed by atoms with Gasteiger partial charge >= 0.3 is 0 Å². The van der Waals surface area contributed by atoms with E-state index in [0.717, 1.165) is 35.9 Å². The van der Waals surface area contributed by atoms with Gasteiger partial charge in [0, 0.05) is 18.7 Å². The summed E-state index contributed by atoms with van der Waals surface area (Å²) in [7, 11) is -3.63. The van der Waals surface area contributed by atoms with Crippen molar-refractivity contribution >= 4 is 27.0 Å². The highest BCUT2D eigenvalue weighted by molar-refractivity contribution is 7.89. The van der Waals surface area contributed by atoms with Crippen molar-refractivity contribution in [3.63, 3.8) is 0 Å². The maximum Gasteiger partial charge on any atom is 0.251 e. The van der Waals surface area contributed by atoms with Gasteiger partial charge in [-0.1, -0.05) is 55.0 Å². The van der Waals surface area contributed by atoms with Crippen molar-refractivity contribution in [3.8, 4) is 0 Å². The molecule has 0 aliphatic carbocycles. The lowest BCUT2D eigenvalue weighted by atomic mass is 10.0. The molecule has 1 atom stereocenters. The summed E-state index contributed by atoms with van der Waals surface area (Å²) in [6.45, 7) is 1.04. The highest BCUT2D eigenvalue weighted by Gasteiger charge is 2.27. The first-order valence-corrected chi connectivity index (χ1v) is 13.3. The van der Waals surface area contributed by atoms with Crippen LogP contribution in [0.25, 0.3) is 11.0 Å². The fourth-order valence-electron chi connectivity index (χ4n) is 4.50. The molecule has 180 valence electrons. The second-order valence-corrected chi connectivity index (χ2v) is 10.8. The minimum absolute atomic E-state index is 0.149. The number of hydrogen-bond acceptors (Lipinski definition) is 4. The van der Waals surface area contributed by atoms with E-state index in [1.165, 1.54) is 10.4 Å². The number of imidazole rings is 1. The van der Waals surface area contributed by atoms with Gasteiger partial charge in [-0.3, -0.25) is 4.79 Å². The van der Waals surface area contributed by atoms with Crippen LogP contribution < -0.4 is 5.32 Å². The number of aromatic nitrogens is 2. The molecule has 0 saturated carbocycles. The van der Waals surface area contributed by atoms with Crippen molar-refractivity contribution in [3.05, 3.63) is 95.8 Å². The van der Waals surface area contributed by atoms with E-state index in [4.69, 9.17) is 4.98 Å². The molecule has 8 heteroatoms. The number of amides is 1. The van der Waals surface area contributed by atoms with Crippen LogP contribution in [-0.2, 0) is 16.4 Å². The third kappa shape index (κ3) is 5.13. The SMILES string of the molecule is O=C(N[C@@H](Cc1ccccc1)c1nc2ccccc2[nH]1)c1cccc(S(=O)(=O)N2CCCCC2)c1. The monoisotopic (exact) mass is 488 g/mol. The van der Waals surface area contributed by atoms with Crippen LogP contribution in [0.1, 0.15) is 47.1 Å². The van der Waals surface area contributed by atoms with Crippen LogP contribution in [0, 0.1) is 0 Å². The van der Waals surface area contributed by atoms with Crippen LogP contribution >= 0.6 is 0 Å². The number of hydrogen-bond donors (Lipinski definition) is 2. The quantitative estimate of drug-likeness (QED) is 0.402. The largest absolute Gasteiger partial charge is 0.342 e. The van der Waals surface area contributed by atoms with Crippen LogP contribution in [0.4, 0.5) is 0 Å².